The first kappa shape index (κ1) is 25.4. The number of methoxy groups -OCH3 is 1. The topological polar surface area (TPSA) is 105 Å². The van der Waals surface area contributed by atoms with E-state index in [1.807, 2.05) is 64.1 Å². The molecule has 4 heterocycles. The van der Waals surface area contributed by atoms with Crippen molar-refractivity contribution in [1.29, 1.82) is 0 Å². The molecule has 1 amide bonds. The Bertz CT molecular complexity index is 1480. The monoisotopic (exact) mass is 529 g/mol. The quantitative estimate of drug-likeness (QED) is 0.375. The number of nitrogens with zero attached hydrogens (tertiary/aromatic N) is 3. The number of fused-ring (bicyclic) bond motifs is 1. The van der Waals surface area contributed by atoms with E-state index in [4.69, 9.17) is 9.26 Å². The number of carbonyl (C=O) groups is 1. The van der Waals surface area contributed by atoms with Gasteiger partial charge in [-0.25, -0.2) is 4.79 Å². The molecule has 0 radical (unpaired) electrons. The summed E-state index contributed by atoms with van der Waals surface area (Å²) in [6, 6.07) is 17.7. The second-order valence-corrected chi connectivity index (χ2v) is 10.8. The number of H-pyrrole nitrogens is 1. The van der Waals surface area contributed by atoms with Crippen LogP contribution in [0.4, 0.5) is 0 Å². The molecule has 9 heteroatoms. The van der Waals surface area contributed by atoms with E-state index in [1.165, 1.54) is 0 Å². The van der Waals surface area contributed by atoms with Crippen LogP contribution in [-0.2, 0) is 11.2 Å². The molecule has 39 heavy (non-hydrogen) atoms. The van der Waals surface area contributed by atoms with Crippen molar-refractivity contribution in [3.8, 4) is 17.1 Å². The number of amides is 1. The van der Waals surface area contributed by atoms with Gasteiger partial charge in [-0.15, -0.1) is 0 Å². The molecule has 2 fully saturated rings. The zero-order valence-electron chi connectivity index (χ0n) is 22.3. The van der Waals surface area contributed by atoms with Crippen molar-refractivity contribution < 1.29 is 14.1 Å². The van der Waals surface area contributed by atoms with E-state index in [9.17, 15) is 9.59 Å². The van der Waals surface area contributed by atoms with Crippen molar-refractivity contribution in [3.63, 3.8) is 0 Å². The Morgan fingerprint density at radius 1 is 1.08 bits per heavy atom. The summed E-state index contributed by atoms with van der Waals surface area (Å²) in [4.78, 5) is 30.9. The van der Waals surface area contributed by atoms with Gasteiger partial charge in [-0.1, -0.05) is 17.3 Å². The highest BCUT2D eigenvalue weighted by Crippen LogP contribution is 2.31. The first-order chi connectivity index (χ1) is 19.1. The lowest BCUT2D eigenvalue weighted by Crippen LogP contribution is -2.44. The number of hydrogen-bond donors (Lipinski definition) is 2. The van der Waals surface area contributed by atoms with Gasteiger partial charge in [0.2, 0.25) is 5.91 Å². The molecular formula is C30H35N5O4. The van der Waals surface area contributed by atoms with Gasteiger partial charge in [0.25, 0.3) is 0 Å². The van der Waals surface area contributed by atoms with Gasteiger partial charge in [-0.05, 0) is 87.0 Å². The SMILES string of the molecule is COc1ccc(-c2cc(C[C@H]3CNCC[C@H]3CC(=O)N3CCC(n4c(=O)[nH]c5ccccc54)CC3)no2)cc1. The molecule has 2 atom stereocenters. The van der Waals surface area contributed by atoms with Crippen LogP contribution in [0.5, 0.6) is 5.75 Å². The highest BCUT2D eigenvalue weighted by Gasteiger charge is 2.32. The second-order valence-electron chi connectivity index (χ2n) is 10.8. The largest absolute Gasteiger partial charge is 0.497 e. The normalized spacial score (nSPS) is 20.4. The van der Waals surface area contributed by atoms with Gasteiger partial charge in [-0.2, -0.15) is 0 Å². The minimum Gasteiger partial charge on any atom is -0.497 e. The van der Waals surface area contributed by atoms with E-state index in [0.29, 0.717) is 31.3 Å². The summed E-state index contributed by atoms with van der Waals surface area (Å²) in [5, 5.41) is 7.83. The summed E-state index contributed by atoms with van der Waals surface area (Å²) < 4.78 is 12.8. The van der Waals surface area contributed by atoms with Gasteiger partial charge in [0.05, 0.1) is 23.8 Å². The number of likely N-dealkylation sites (tertiary alicyclic amines) is 1. The molecule has 2 aliphatic rings. The third-order valence-electron chi connectivity index (χ3n) is 8.41. The smallest absolute Gasteiger partial charge is 0.326 e. The minimum atomic E-state index is -0.0680. The number of imidazole rings is 1. The fourth-order valence-corrected chi connectivity index (χ4v) is 6.22. The predicted octanol–water partition coefficient (Wildman–Crippen LogP) is 4.02. The standard InChI is InChI=1S/C30H35N5O4/c1-38-25-8-6-20(7-9-25)28-18-23(33-39-28)16-22-19-31-13-10-21(22)17-29(36)34-14-11-24(12-15-34)35-27-5-3-2-4-26(27)32-30(35)37/h2-9,18,21-22,24,31H,10-17,19H2,1H3,(H,32,37)/t21-,22-/m0/s1. The van der Waals surface area contributed by atoms with E-state index in [2.05, 4.69) is 15.5 Å². The lowest BCUT2D eigenvalue weighted by Gasteiger charge is -2.36. The molecule has 0 aliphatic carbocycles. The third-order valence-corrected chi connectivity index (χ3v) is 8.41. The number of rotatable bonds is 7. The summed E-state index contributed by atoms with van der Waals surface area (Å²) in [6.07, 6.45) is 3.87. The van der Waals surface area contributed by atoms with Crippen LogP contribution in [0.15, 0.2) is 63.9 Å². The molecule has 4 aromatic rings. The van der Waals surface area contributed by atoms with Crippen LogP contribution in [0.2, 0.25) is 0 Å². The first-order valence-electron chi connectivity index (χ1n) is 13.9. The highest BCUT2D eigenvalue weighted by atomic mass is 16.5. The van der Waals surface area contributed by atoms with Crippen LogP contribution in [0.25, 0.3) is 22.4 Å². The molecule has 2 aliphatic heterocycles. The van der Waals surface area contributed by atoms with Crippen molar-refractivity contribution in [1.82, 2.24) is 24.9 Å². The molecule has 0 unspecified atom stereocenters. The molecule has 0 spiro atoms. The van der Waals surface area contributed by atoms with Crippen LogP contribution in [0, 0.1) is 11.8 Å². The first-order valence-corrected chi connectivity index (χ1v) is 13.9. The van der Waals surface area contributed by atoms with Crippen LogP contribution in [-0.4, -0.2) is 58.8 Å². The summed E-state index contributed by atoms with van der Waals surface area (Å²) in [6.45, 7) is 3.16. The zero-order valence-corrected chi connectivity index (χ0v) is 22.3. The number of hydrogen-bond acceptors (Lipinski definition) is 6. The number of benzene rings is 2. The molecule has 0 saturated carbocycles. The van der Waals surface area contributed by atoms with Crippen molar-refractivity contribution >= 4 is 16.9 Å². The fraction of sp³-hybridized carbons (Fsp3) is 0.433. The Labute approximate surface area is 227 Å². The van der Waals surface area contributed by atoms with Crippen molar-refractivity contribution in [2.75, 3.05) is 33.3 Å². The van der Waals surface area contributed by atoms with Crippen molar-refractivity contribution in [3.05, 3.63) is 70.8 Å². The van der Waals surface area contributed by atoms with Gasteiger partial charge < -0.3 is 24.5 Å². The average Bonchev–Trinajstić information content (AvgIpc) is 3.57. The number of aromatic amines is 1. The molecular weight excluding hydrogens is 494 g/mol. The van der Waals surface area contributed by atoms with Crippen LogP contribution >= 0.6 is 0 Å². The zero-order chi connectivity index (χ0) is 26.8. The van der Waals surface area contributed by atoms with Crippen molar-refractivity contribution in [2.24, 2.45) is 11.8 Å². The highest BCUT2D eigenvalue weighted by molar-refractivity contribution is 5.77. The number of para-hydroxylation sites is 2. The van der Waals surface area contributed by atoms with Gasteiger partial charge >= 0.3 is 5.69 Å². The lowest BCUT2D eigenvalue weighted by atomic mass is 9.80. The molecule has 0 bridgehead atoms. The number of carbonyl (C=O) groups excluding carboxylic acids is 1. The van der Waals surface area contributed by atoms with E-state index in [0.717, 1.165) is 72.6 Å². The maximum atomic E-state index is 13.4. The number of ether oxygens (including phenoxy) is 1. The number of nitrogens with one attached hydrogen (secondary N) is 2. The van der Waals surface area contributed by atoms with E-state index in [1.54, 1.807) is 7.11 Å². The summed E-state index contributed by atoms with van der Waals surface area (Å²) >= 11 is 0. The maximum Gasteiger partial charge on any atom is 0.326 e. The van der Waals surface area contributed by atoms with Gasteiger partial charge in [0.1, 0.15) is 5.75 Å². The summed E-state index contributed by atoms with van der Waals surface area (Å²) in [5.41, 5.74) is 3.61. The van der Waals surface area contributed by atoms with Crippen LogP contribution in [0.3, 0.4) is 0 Å². The van der Waals surface area contributed by atoms with Crippen molar-refractivity contribution in [2.45, 2.75) is 38.1 Å². The molecule has 2 aromatic carbocycles. The van der Waals surface area contributed by atoms with Crippen LogP contribution < -0.4 is 15.7 Å². The van der Waals surface area contributed by atoms with E-state index >= 15 is 0 Å². The lowest BCUT2D eigenvalue weighted by molar-refractivity contribution is -0.134. The second kappa shape index (κ2) is 11.1. The number of piperidine rings is 2. The third kappa shape index (κ3) is 5.36. The molecule has 2 N–H and O–H groups in total. The fourth-order valence-electron chi connectivity index (χ4n) is 6.22. The summed E-state index contributed by atoms with van der Waals surface area (Å²) in [5.74, 6) is 2.38. The number of aromatic nitrogens is 3. The Balaban J connectivity index is 1.06. The van der Waals surface area contributed by atoms with Gasteiger partial charge in [0, 0.05) is 37.2 Å². The molecule has 204 valence electrons. The molecule has 2 aromatic heterocycles. The Morgan fingerprint density at radius 2 is 1.87 bits per heavy atom. The average molecular weight is 530 g/mol. The molecule has 6 rings (SSSR count). The van der Waals surface area contributed by atoms with Gasteiger partial charge in [0.15, 0.2) is 5.76 Å². The van der Waals surface area contributed by atoms with E-state index in [-0.39, 0.29) is 17.6 Å². The molecule has 9 nitrogen and oxygen atoms in total. The Morgan fingerprint density at radius 3 is 2.67 bits per heavy atom. The minimum absolute atomic E-state index is 0.0680. The maximum absolute atomic E-state index is 13.4. The predicted molar refractivity (Wildman–Crippen MR) is 149 cm³/mol. The molecule has 2 saturated heterocycles. The van der Waals surface area contributed by atoms with Gasteiger partial charge in [-0.3, -0.25) is 9.36 Å². The van der Waals surface area contributed by atoms with Crippen LogP contribution in [0.1, 0.15) is 37.4 Å². The summed E-state index contributed by atoms with van der Waals surface area (Å²) in [7, 11) is 1.65. The Kier molecular flexibility index (Phi) is 7.24. The Hall–Kier alpha value is -3.85. The van der Waals surface area contributed by atoms with E-state index < -0.39 is 0 Å².